The van der Waals surface area contributed by atoms with Gasteiger partial charge >= 0.3 is 6.18 Å². The first kappa shape index (κ1) is 15.7. The average Bonchev–Trinajstić information content (AvgIpc) is 2.24. The molecule has 1 rings (SSSR count). The molecule has 0 saturated heterocycles. The molecule has 0 radical (unpaired) electrons. The van der Waals surface area contributed by atoms with Gasteiger partial charge in [-0.15, -0.1) is 0 Å². The van der Waals surface area contributed by atoms with Crippen LogP contribution >= 0.6 is 31.9 Å². The molecule has 1 aromatic carbocycles. The van der Waals surface area contributed by atoms with Gasteiger partial charge in [0, 0.05) is 10.4 Å². The maximum atomic E-state index is 12.7. The quantitative estimate of drug-likeness (QED) is 0.672. The number of rotatable bonds is 3. The third-order valence-corrected chi connectivity index (χ3v) is 4.50. The van der Waals surface area contributed by atoms with Crippen molar-refractivity contribution in [1.82, 2.24) is 0 Å². The van der Waals surface area contributed by atoms with Gasteiger partial charge in [0.2, 0.25) is 0 Å². The molecule has 2 unspecified atom stereocenters. The normalized spacial score (nSPS) is 15.3. The molecule has 1 aromatic rings. The van der Waals surface area contributed by atoms with E-state index in [2.05, 4.69) is 31.9 Å². The molecule has 0 saturated carbocycles. The predicted octanol–water partition coefficient (Wildman–Crippen LogP) is 4.92. The molecule has 0 aliphatic rings. The van der Waals surface area contributed by atoms with Crippen LogP contribution in [-0.2, 0) is 11.0 Å². The maximum absolute atomic E-state index is 12.7. The Bertz CT molecular complexity index is 457. The van der Waals surface area contributed by atoms with Crippen LogP contribution in [0, 0.1) is 0 Å². The fourth-order valence-electron chi connectivity index (χ4n) is 1.56. The minimum atomic E-state index is -4.39. The minimum Gasteiger partial charge on any atom is -0.299 e. The Hall–Kier alpha value is -0.360. The van der Waals surface area contributed by atoms with Gasteiger partial charge in [-0.1, -0.05) is 38.8 Å². The zero-order valence-electron chi connectivity index (χ0n) is 9.68. The van der Waals surface area contributed by atoms with Crippen molar-refractivity contribution in [3.8, 4) is 0 Å². The molecule has 0 spiro atoms. The lowest BCUT2D eigenvalue weighted by molar-refractivity contribution is -0.137. The molecular formula is C12H11Br2F3O. The Balaban J connectivity index is 3.18. The number of carbonyl (C=O) groups excluding carboxylic acids is 1. The summed E-state index contributed by atoms with van der Waals surface area (Å²) in [5, 5.41) is 0. The van der Waals surface area contributed by atoms with E-state index in [4.69, 9.17) is 0 Å². The molecule has 0 aliphatic heterocycles. The molecule has 0 heterocycles. The Morgan fingerprint density at radius 2 is 1.83 bits per heavy atom. The molecule has 6 heteroatoms. The Morgan fingerprint density at radius 1 is 1.28 bits per heavy atom. The summed E-state index contributed by atoms with van der Waals surface area (Å²) in [5.74, 6) is -0.447. The van der Waals surface area contributed by atoms with E-state index in [0.29, 0.717) is 10.0 Å². The van der Waals surface area contributed by atoms with E-state index in [0.717, 1.165) is 12.1 Å². The number of halogens is 5. The molecule has 0 fully saturated rings. The van der Waals surface area contributed by atoms with Crippen molar-refractivity contribution in [2.24, 2.45) is 0 Å². The molecule has 1 nitrogen and oxygen atoms in total. The van der Waals surface area contributed by atoms with Gasteiger partial charge in [-0.05, 0) is 30.7 Å². The van der Waals surface area contributed by atoms with Crippen molar-refractivity contribution in [2.75, 3.05) is 0 Å². The second-order valence-corrected chi connectivity index (χ2v) is 5.97. The topological polar surface area (TPSA) is 17.1 Å². The number of ketones is 1. The lowest BCUT2D eigenvalue weighted by atomic mass is 9.94. The van der Waals surface area contributed by atoms with Crippen LogP contribution in [0.4, 0.5) is 13.2 Å². The molecule has 2 atom stereocenters. The third-order valence-electron chi connectivity index (χ3n) is 2.60. The maximum Gasteiger partial charge on any atom is 0.416 e. The number of hydrogen-bond donors (Lipinski definition) is 0. The van der Waals surface area contributed by atoms with Crippen LogP contribution in [0.3, 0.4) is 0 Å². The minimum absolute atomic E-state index is 0.115. The number of Topliss-reactive ketones (excluding diaryl/α,β-unsaturated/α-hetero) is 1. The summed E-state index contributed by atoms with van der Waals surface area (Å²) in [4.78, 5) is 10.8. The van der Waals surface area contributed by atoms with Crippen molar-refractivity contribution in [1.29, 1.82) is 0 Å². The van der Waals surface area contributed by atoms with E-state index in [9.17, 15) is 18.0 Å². The van der Waals surface area contributed by atoms with E-state index in [1.807, 2.05) is 0 Å². The van der Waals surface area contributed by atoms with Crippen molar-refractivity contribution < 1.29 is 18.0 Å². The van der Waals surface area contributed by atoms with Crippen LogP contribution in [-0.4, -0.2) is 10.6 Å². The summed E-state index contributed by atoms with van der Waals surface area (Å²) < 4.78 is 38.4. The van der Waals surface area contributed by atoms with E-state index in [1.165, 1.54) is 6.92 Å². The first-order chi connectivity index (χ1) is 8.12. The van der Waals surface area contributed by atoms with Crippen LogP contribution in [0.2, 0.25) is 0 Å². The largest absolute Gasteiger partial charge is 0.416 e. The molecule has 0 aromatic heterocycles. The molecule has 100 valence electrons. The molecule has 0 N–H and O–H groups in total. The Morgan fingerprint density at radius 3 is 2.28 bits per heavy atom. The molecule has 18 heavy (non-hydrogen) atoms. The zero-order valence-corrected chi connectivity index (χ0v) is 12.9. The van der Waals surface area contributed by atoms with Crippen molar-refractivity contribution in [3.05, 3.63) is 33.8 Å². The van der Waals surface area contributed by atoms with Gasteiger partial charge in [0.25, 0.3) is 0 Å². The summed E-state index contributed by atoms with van der Waals surface area (Å²) in [6.07, 6.45) is -4.39. The molecular weight excluding hydrogens is 377 g/mol. The smallest absolute Gasteiger partial charge is 0.299 e. The predicted molar refractivity (Wildman–Crippen MR) is 71.0 cm³/mol. The number of alkyl halides is 4. The van der Waals surface area contributed by atoms with Gasteiger partial charge in [0.1, 0.15) is 5.78 Å². The lowest BCUT2D eigenvalue weighted by Crippen LogP contribution is -2.18. The van der Waals surface area contributed by atoms with Gasteiger partial charge in [0.05, 0.1) is 10.4 Å². The average molecular weight is 388 g/mol. The Labute approximate surface area is 120 Å². The summed E-state index contributed by atoms with van der Waals surface area (Å²) in [5.41, 5.74) is -0.254. The molecule has 0 aliphatic carbocycles. The van der Waals surface area contributed by atoms with Gasteiger partial charge in [-0.25, -0.2) is 0 Å². The SMILES string of the molecule is CC(=O)C(Br)C(C)c1cc(Br)cc(C(F)(F)F)c1. The zero-order chi connectivity index (χ0) is 14.1. The number of carbonyl (C=O) groups is 1. The van der Waals surface area contributed by atoms with Gasteiger partial charge < -0.3 is 0 Å². The van der Waals surface area contributed by atoms with E-state index >= 15 is 0 Å². The highest BCUT2D eigenvalue weighted by molar-refractivity contribution is 9.10. The monoisotopic (exact) mass is 386 g/mol. The Kier molecular flexibility index (Phi) is 5.00. The van der Waals surface area contributed by atoms with Crippen LogP contribution in [0.25, 0.3) is 0 Å². The highest BCUT2D eigenvalue weighted by Gasteiger charge is 2.32. The van der Waals surface area contributed by atoms with Crippen LogP contribution in [0.5, 0.6) is 0 Å². The number of hydrogen-bond acceptors (Lipinski definition) is 1. The summed E-state index contributed by atoms with van der Waals surface area (Å²) in [6, 6.07) is 3.69. The summed E-state index contributed by atoms with van der Waals surface area (Å²) in [7, 11) is 0. The van der Waals surface area contributed by atoms with E-state index in [-0.39, 0.29) is 11.7 Å². The van der Waals surface area contributed by atoms with E-state index in [1.54, 1.807) is 13.0 Å². The van der Waals surface area contributed by atoms with Crippen molar-refractivity contribution in [3.63, 3.8) is 0 Å². The second kappa shape index (κ2) is 5.74. The fourth-order valence-corrected chi connectivity index (χ4v) is 2.38. The fraction of sp³-hybridized carbons (Fsp3) is 0.417. The standard InChI is InChI=1S/C12H11Br2F3O/c1-6(11(14)7(2)18)8-3-9(12(15,16)17)5-10(13)4-8/h3-6,11H,1-2H3. The van der Waals surface area contributed by atoms with Crippen molar-refractivity contribution >= 4 is 37.6 Å². The molecule has 0 bridgehead atoms. The van der Waals surface area contributed by atoms with Gasteiger partial charge in [-0.3, -0.25) is 4.79 Å². The van der Waals surface area contributed by atoms with Crippen LogP contribution < -0.4 is 0 Å². The lowest BCUT2D eigenvalue weighted by Gasteiger charge is -2.18. The highest BCUT2D eigenvalue weighted by atomic mass is 79.9. The first-order valence-corrected chi connectivity index (χ1v) is 6.86. The highest BCUT2D eigenvalue weighted by Crippen LogP contribution is 2.35. The molecule has 0 amide bonds. The van der Waals surface area contributed by atoms with Crippen LogP contribution in [0.1, 0.15) is 30.9 Å². The summed E-state index contributed by atoms with van der Waals surface area (Å²) >= 11 is 6.26. The van der Waals surface area contributed by atoms with E-state index < -0.39 is 16.6 Å². The van der Waals surface area contributed by atoms with Gasteiger partial charge in [-0.2, -0.15) is 13.2 Å². The number of benzene rings is 1. The summed E-state index contributed by atoms with van der Waals surface area (Å²) in [6.45, 7) is 3.11. The third kappa shape index (κ3) is 3.82. The van der Waals surface area contributed by atoms with Crippen molar-refractivity contribution in [2.45, 2.75) is 30.8 Å². The second-order valence-electron chi connectivity index (χ2n) is 4.07. The first-order valence-electron chi connectivity index (χ1n) is 5.15. The van der Waals surface area contributed by atoms with Crippen LogP contribution in [0.15, 0.2) is 22.7 Å². The van der Waals surface area contributed by atoms with Gasteiger partial charge in [0.15, 0.2) is 0 Å².